The Labute approximate surface area is 188 Å². The van der Waals surface area contributed by atoms with Crippen molar-refractivity contribution in [1.82, 2.24) is 5.16 Å². The number of nitrogens with zero attached hydrogens (tertiary/aromatic N) is 2. The molecular formula is C23H20ClN3O5. The number of ether oxygens (including phenoxy) is 1. The van der Waals surface area contributed by atoms with Crippen LogP contribution in [0.4, 0.5) is 11.4 Å². The van der Waals surface area contributed by atoms with E-state index in [4.69, 9.17) is 20.9 Å². The summed E-state index contributed by atoms with van der Waals surface area (Å²) in [6.07, 6.45) is 0. The normalized spacial score (nSPS) is 17.1. The SMILES string of the molecule is COc1cc(/C(O)=C2\C(=O)Nc3cc(Cl)c(-c4ccc(N5CC(CO)C5)cc4)cc32)on1. The summed E-state index contributed by atoms with van der Waals surface area (Å²) >= 11 is 6.52. The van der Waals surface area contributed by atoms with Crippen molar-refractivity contribution < 1.29 is 24.3 Å². The third-order valence-corrected chi connectivity index (χ3v) is 6.09. The standard InChI is InChI=1S/C23H20ClN3O5/c1-31-20-8-19(32-26-20)22(29)21-16-6-15(17(24)7-18(16)25-23(21)30)13-2-4-14(5-3-13)27-9-12(10-27)11-28/h2-8,12,28-29H,9-11H2,1H3,(H,25,30)/b22-21+. The molecule has 1 aromatic heterocycles. The smallest absolute Gasteiger partial charge is 0.260 e. The molecule has 0 radical (unpaired) electrons. The Hall–Kier alpha value is -3.49. The number of anilines is 2. The molecular weight excluding hydrogens is 434 g/mol. The van der Waals surface area contributed by atoms with E-state index in [1.807, 2.05) is 24.3 Å². The summed E-state index contributed by atoms with van der Waals surface area (Å²) in [4.78, 5) is 14.8. The van der Waals surface area contributed by atoms with E-state index in [2.05, 4.69) is 15.4 Å². The van der Waals surface area contributed by atoms with Crippen LogP contribution in [-0.4, -0.2) is 48.1 Å². The van der Waals surface area contributed by atoms with Crippen molar-refractivity contribution in [2.24, 2.45) is 5.92 Å². The minimum absolute atomic E-state index is 0.0245. The summed E-state index contributed by atoms with van der Waals surface area (Å²) in [5, 5.41) is 26.8. The molecule has 32 heavy (non-hydrogen) atoms. The fourth-order valence-corrected chi connectivity index (χ4v) is 4.26. The van der Waals surface area contributed by atoms with Crippen LogP contribution >= 0.6 is 11.6 Å². The Bertz CT molecular complexity index is 1230. The maximum atomic E-state index is 12.6. The number of halogens is 1. The molecule has 8 nitrogen and oxygen atoms in total. The van der Waals surface area contributed by atoms with E-state index in [0.29, 0.717) is 22.2 Å². The van der Waals surface area contributed by atoms with Gasteiger partial charge in [0.25, 0.3) is 11.8 Å². The molecule has 1 saturated heterocycles. The van der Waals surface area contributed by atoms with Crippen LogP contribution in [0.5, 0.6) is 5.88 Å². The number of aliphatic hydroxyl groups is 2. The zero-order chi connectivity index (χ0) is 22.4. The number of hydrogen-bond acceptors (Lipinski definition) is 7. The van der Waals surface area contributed by atoms with Gasteiger partial charge in [0.15, 0.2) is 5.76 Å². The van der Waals surface area contributed by atoms with E-state index in [0.717, 1.165) is 29.9 Å². The molecule has 0 aliphatic carbocycles. The number of carbonyl (C=O) groups excluding carboxylic acids is 1. The van der Waals surface area contributed by atoms with E-state index in [9.17, 15) is 15.0 Å². The molecule has 0 saturated carbocycles. The van der Waals surface area contributed by atoms with E-state index in [1.165, 1.54) is 13.2 Å². The number of nitrogens with one attached hydrogen (secondary N) is 1. The summed E-state index contributed by atoms with van der Waals surface area (Å²) in [6, 6.07) is 12.8. The third-order valence-electron chi connectivity index (χ3n) is 5.78. The average molecular weight is 454 g/mol. The Morgan fingerprint density at radius 2 is 2.00 bits per heavy atom. The highest BCUT2D eigenvalue weighted by molar-refractivity contribution is 6.38. The Balaban J connectivity index is 1.50. The molecule has 0 unspecified atom stereocenters. The Morgan fingerprint density at radius 3 is 2.66 bits per heavy atom. The highest BCUT2D eigenvalue weighted by Gasteiger charge is 2.31. The van der Waals surface area contributed by atoms with Crippen LogP contribution in [0.15, 0.2) is 47.0 Å². The summed E-state index contributed by atoms with van der Waals surface area (Å²) in [6.45, 7) is 1.88. The van der Waals surface area contributed by atoms with Crippen LogP contribution in [0.2, 0.25) is 5.02 Å². The Morgan fingerprint density at radius 1 is 1.25 bits per heavy atom. The first kappa shape index (κ1) is 20.4. The first-order chi connectivity index (χ1) is 15.5. The third kappa shape index (κ3) is 3.37. The van der Waals surface area contributed by atoms with Crippen molar-refractivity contribution in [3.8, 4) is 17.0 Å². The summed E-state index contributed by atoms with van der Waals surface area (Å²) in [5.74, 6) is -0.260. The fraction of sp³-hybridized carbons (Fsp3) is 0.217. The first-order valence-electron chi connectivity index (χ1n) is 10.0. The molecule has 3 aromatic rings. The van der Waals surface area contributed by atoms with Gasteiger partial charge in [0, 0.05) is 42.4 Å². The number of amides is 1. The molecule has 164 valence electrons. The predicted molar refractivity (Wildman–Crippen MR) is 121 cm³/mol. The lowest BCUT2D eigenvalue weighted by atomic mass is 9.97. The second-order valence-corrected chi connectivity index (χ2v) is 8.20. The predicted octanol–water partition coefficient (Wildman–Crippen LogP) is 3.81. The highest BCUT2D eigenvalue weighted by atomic mass is 35.5. The lowest BCUT2D eigenvalue weighted by Crippen LogP contribution is -2.48. The number of carbonyl (C=O) groups is 1. The Kier molecular flexibility index (Phi) is 5.03. The largest absolute Gasteiger partial charge is 0.504 e. The van der Waals surface area contributed by atoms with Crippen molar-refractivity contribution in [1.29, 1.82) is 0 Å². The van der Waals surface area contributed by atoms with E-state index >= 15 is 0 Å². The molecule has 1 fully saturated rings. The average Bonchev–Trinajstić information content (AvgIpc) is 3.36. The van der Waals surface area contributed by atoms with Gasteiger partial charge in [-0.3, -0.25) is 4.79 Å². The van der Waals surface area contributed by atoms with Gasteiger partial charge < -0.3 is 29.7 Å². The van der Waals surface area contributed by atoms with Gasteiger partial charge in [0.1, 0.15) is 0 Å². The highest BCUT2D eigenvalue weighted by Crippen LogP contribution is 2.42. The number of methoxy groups -OCH3 is 1. The molecule has 2 aliphatic heterocycles. The van der Waals surface area contributed by atoms with Crippen LogP contribution in [0, 0.1) is 5.92 Å². The minimum Gasteiger partial charge on any atom is -0.504 e. The van der Waals surface area contributed by atoms with Crippen molar-refractivity contribution in [3.05, 3.63) is 58.8 Å². The van der Waals surface area contributed by atoms with Crippen molar-refractivity contribution in [2.75, 3.05) is 37.0 Å². The minimum atomic E-state index is -0.465. The molecule has 5 rings (SSSR count). The van der Waals surface area contributed by atoms with Crippen molar-refractivity contribution >= 4 is 40.2 Å². The first-order valence-corrected chi connectivity index (χ1v) is 10.4. The van der Waals surface area contributed by atoms with Gasteiger partial charge in [0.05, 0.1) is 29.5 Å². The molecule has 0 atom stereocenters. The second kappa shape index (κ2) is 7.89. The van der Waals surface area contributed by atoms with Crippen LogP contribution < -0.4 is 15.0 Å². The summed E-state index contributed by atoms with van der Waals surface area (Å²) in [5.41, 5.74) is 3.77. The molecule has 2 aliphatic rings. The molecule has 9 heteroatoms. The van der Waals surface area contributed by atoms with Gasteiger partial charge in [-0.2, -0.15) is 0 Å². The zero-order valence-electron chi connectivity index (χ0n) is 17.1. The molecule has 0 spiro atoms. The molecule has 2 aromatic carbocycles. The number of benzene rings is 2. The van der Waals surface area contributed by atoms with Crippen LogP contribution in [0.3, 0.4) is 0 Å². The van der Waals surface area contributed by atoms with Crippen molar-refractivity contribution in [2.45, 2.75) is 0 Å². The number of fused-ring (bicyclic) bond motifs is 1. The quantitative estimate of drug-likeness (QED) is 0.398. The molecule has 3 heterocycles. The summed E-state index contributed by atoms with van der Waals surface area (Å²) in [7, 11) is 1.43. The van der Waals surface area contributed by atoms with Crippen LogP contribution in [-0.2, 0) is 4.79 Å². The van der Waals surface area contributed by atoms with E-state index < -0.39 is 5.91 Å². The fourth-order valence-electron chi connectivity index (χ4n) is 3.98. The number of rotatable bonds is 5. The lowest BCUT2D eigenvalue weighted by Gasteiger charge is -2.40. The zero-order valence-corrected chi connectivity index (χ0v) is 17.9. The molecule has 1 amide bonds. The van der Waals surface area contributed by atoms with Gasteiger partial charge in [-0.1, -0.05) is 23.7 Å². The monoisotopic (exact) mass is 453 g/mol. The maximum Gasteiger partial charge on any atom is 0.260 e. The van der Waals surface area contributed by atoms with Gasteiger partial charge in [0.2, 0.25) is 5.76 Å². The number of hydrogen-bond donors (Lipinski definition) is 3. The molecule has 3 N–H and O–H groups in total. The van der Waals surface area contributed by atoms with Crippen molar-refractivity contribution in [3.63, 3.8) is 0 Å². The topological polar surface area (TPSA) is 108 Å². The van der Waals surface area contributed by atoms with Gasteiger partial charge >= 0.3 is 0 Å². The maximum absolute atomic E-state index is 12.6. The lowest BCUT2D eigenvalue weighted by molar-refractivity contribution is -0.110. The number of aromatic nitrogens is 1. The second-order valence-electron chi connectivity index (χ2n) is 7.79. The van der Waals surface area contributed by atoms with Crippen LogP contribution in [0.25, 0.3) is 22.5 Å². The van der Waals surface area contributed by atoms with Crippen LogP contribution in [0.1, 0.15) is 11.3 Å². The van der Waals surface area contributed by atoms with Gasteiger partial charge in [-0.15, -0.1) is 0 Å². The van der Waals surface area contributed by atoms with Gasteiger partial charge in [-0.25, -0.2) is 0 Å². The molecule has 0 bridgehead atoms. The van der Waals surface area contributed by atoms with E-state index in [-0.39, 0.29) is 29.6 Å². The number of aliphatic hydroxyl groups excluding tert-OH is 2. The summed E-state index contributed by atoms with van der Waals surface area (Å²) < 4.78 is 10.1. The van der Waals surface area contributed by atoms with E-state index in [1.54, 1.807) is 12.1 Å². The van der Waals surface area contributed by atoms with Gasteiger partial charge in [-0.05, 0) is 35.0 Å².